The number of hydrogen-bond acceptors (Lipinski definition) is 6. The molecule has 0 spiro atoms. The minimum atomic E-state index is -2.04. The molecular weight excluding hydrogens is 514 g/mol. The summed E-state index contributed by atoms with van der Waals surface area (Å²) in [5.74, 6) is -2.57. The van der Waals surface area contributed by atoms with Crippen LogP contribution in [0, 0.1) is 11.6 Å². The number of urea groups is 1. The van der Waals surface area contributed by atoms with Gasteiger partial charge in [0, 0.05) is 38.3 Å². The zero-order valence-electron chi connectivity index (χ0n) is 19.0. The minimum Gasteiger partial charge on any atom is -0.354 e. The van der Waals surface area contributed by atoms with Crippen molar-refractivity contribution < 1.29 is 27.4 Å². The number of carbonyl (C=O) groups is 3. The van der Waals surface area contributed by atoms with E-state index < -0.39 is 40.8 Å². The average Bonchev–Trinajstić information content (AvgIpc) is 3.30. The highest BCUT2D eigenvalue weighted by atomic mass is 32.2. The Balaban J connectivity index is 1.52. The normalized spacial score (nSPS) is 15.7. The molecule has 4 rings (SSSR count). The van der Waals surface area contributed by atoms with Crippen LogP contribution in [-0.2, 0) is 27.2 Å². The van der Waals surface area contributed by atoms with Crippen molar-refractivity contribution in [1.29, 1.82) is 0 Å². The highest BCUT2D eigenvalue weighted by Gasteiger charge is 2.28. The number of likely N-dealkylation sites (N-methyl/N-ethyl adjacent to an activating group) is 1. The molecule has 0 bridgehead atoms. The lowest BCUT2D eigenvalue weighted by Crippen LogP contribution is -2.55. The molecule has 190 valence electrons. The number of rotatable bonds is 7. The van der Waals surface area contributed by atoms with Gasteiger partial charge in [-0.25, -0.2) is 27.5 Å². The number of nitrogens with one attached hydrogen (secondary N) is 3. The van der Waals surface area contributed by atoms with E-state index in [2.05, 4.69) is 20.3 Å². The molecule has 0 saturated carbocycles. The van der Waals surface area contributed by atoms with Crippen molar-refractivity contribution in [1.82, 2.24) is 24.6 Å². The van der Waals surface area contributed by atoms with Gasteiger partial charge in [0.25, 0.3) is 0 Å². The van der Waals surface area contributed by atoms with E-state index in [1.54, 1.807) is 23.7 Å². The fraction of sp³-hybridized carbons (Fsp3) is 0.273. The summed E-state index contributed by atoms with van der Waals surface area (Å²) in [6.07, 6.45) is -0.233. The summed E-state index contributed by atoms with van der Waals surface area (Å²) >= 11 is -0.596. The average molecular weight is 537 g/mol. The van der Waals surface area contributed by atoms with Crippen molar-refractivity contribution in [2.24, 2.45) is 0 Å². The van der Waals surface area contributed by atoms with Gasteiger partial charge in [-0.05, 0) is 35.9 Å². The van der Waals surface area contributed by atoms with Crippen molar-refractivity contribution in [3.05, 3.63) is 59.1 Å². The number of aromatic nitrogens is 1. The fourth-order valence-corrected chi connectivity index (χ4v) is 5.17. The third-order valence-electron chi connectivity index (χ3n) is 5.42. The maximum atomic E-state index is 13.8. The summed E-state index contributed by atoms with van der Waals surface area (Å²) in [4.78, 5) is 43.1. The van der Waals surface area contributed by atoms with Crippen LogP contribution in [0.2, 0.25) is 0 Å². The number of amides is 4. The number of benzene rings is 2. The van der Waals surface area contributed by atoms with Crippen LogP contribution >= 0.6 is 11.3 Å². The second-order valence-electron chi connectivity index (χ2n) is 7.97. The first-order chi connectivity index (χ1) is 17.2. The van der Waals surface area contributed by atoms with Crippen molar-refractivity contribution in [2.75, 3.05) is 31.6 Å². The van der Waals surface area contributed by atoms with Crippen LogP contribution < -0.4 is 20.3 Å². The zero-order valence-corrected chi connectivity index (χ0v) is 20.6. The molecule has 4 amide bonds. The first-order valence-corrected chi connectivity index (χ1v) is 12.7. The van der Waals surface area contributed by atoms with Gasteiger partial charge in [0.1, 0.15) is 17.7 Å². The number of piperazine rings is 1. The van der Waals surface area contributed by atoms with E-state index in [-0.39, 0.29) is 37.5 Å². The van der Waals surface area contributed by atoms with Gasteiger partial charge in [-0.3, -0.25) is 9.59 Å². The largest absolute Gasteiger partial charge is 0.354 e. The molecule has 2 aromatic carbocycles. The number of anilines is 1. The van der Waals surface area contributed by atoms with Crippen molar-refractivity contribution >= 4 is 56.3 Å². The van der Waals surface area contributed by atoms with Gasteiger partial charge in [0.05, 0.1) is 22.3 Å². The highest BCUT2D eigenvalue weighted by Crippen LogP contribution is 2.24. The van der Waals surface area contributed by atoms with Crippen molar-refractivity contribution in [3.63, 3.8) is 0 Å². The Bertz CT molecular complexity index is 1320. The molecule has 14 heteroatoms. The molecule has 2 atom stereocenters. The monoisotopic (exact) mass is 536 g/mol. The predicted octanol–water partition coefficient (Wildman–Crippen LogP) is 1.46. The number of halogens is 2. The van der Waals surface area contributed by atoms with E-state index in [0.29, 0.717) is 17.3 Å². The molecule has 1 aliphatic rings. The maximum absolute atomic E-state index is 13.8. The molecule has 2 heterocycles. The van der Waals surface area contributed by atoms with E-state index >= 15 is 0 Å². The molecule has 3 aromatic rings. The topological polar surface area (TPSA) is 124 Å². The molecule has 2 unspecified atom stereocenters. The second kappa shape index (κ2) is 11.1. The summed E-state index contributed by atoms with van der Waals surface area (Å²) < 4.78 is 44.4. The van der Waals surface area contributed by atoms with Crippen LogP contribution in [0.25, 0.3) is 10.2 Å². The number of carbonyl (C=O) groups excluding carboxylic acids is 3. The minimum absolute atomic E-state index is 0.142. The molecule has 3 N–H and O–H groups in total. The molecule has 1 aliphatic heterocycles. The fourth-order valence-electron chi connectivity index (χ4n) is 3.67. The molecule has 1 fully saturated rings. The van der Waals surface area contributed by atoms with Crippen LogP contribution in [0.4, 0.5) is 19.3 Å². The Kier molecular flexibility index (Phi) is 7.86. The lowest BCUT2D eigenvalue weighted by Gasteiger charge is -2.27. The van der Waals surface area contributed by atoms with Gasteiger partial charge in [0.15, 0.2) is 0 Å². The van der Waals surface area contributed by atoms with Crippen LogP contribution in [0.3, 0.4) is 0 Å². The Morgan fingerprint density at radius 3 is 2.72 bits per heavy atom. The summed E-state index contributed by atoms with van der Waals surface area (Å²) in [6, 6.07) is 5.85. The first-order valence-electron chi connectivity index (χ1n) is 10.8. The first kappa shape index (κ1) is 25.6. The maximum Gasteiger partial charge on any atom is 0.328 e. The Labute approximate surface area is 211 Å². The van der Waals surface area contributed by atoms with E-state index in [4.69, 9.17) is 0 Å². The van der Waals surface area contributed by atoms with E-state index in [0.717, 1.165) is 16.8 Å². The van der Waals surface area contributed by atoms with E-state index in [1.807, 2.05) is 0 Å². The molecule has 1 saturated heterocycles. The smallest absolute Gasteiger partial charge is 0.328 e. The van der Waals surface area contributed by atoms with Gasteiger partial charge in [-0.1, -0.05) is 0 Å². The van der Waals surface area contributed by atoms with Gasteiger partial charge in [-0.2, -0.15) is 4.31 Å². The molecule has 1 aromatic heterocycles. The Morgan fingerprint density at radius 1 is 1.25 bits per heavy atom. The number of nitrogens with zero attached hydrogens (tertiary/aromatic N) is 3. The molecular formula is C22H22F2N6O4S2. The molecule has 0 aliphatic carbocycles. The van der Waals surface area contributed by atoms with Crippen LogP contribution in [0.1, 0.15) is 5.56 Å². The third kappa shape index (κ3) is 6.19. The lowest BCUT2D eigenvalue weighted by molar-refractivity contribution is -0.122. The van der Waals surface area contributed by atoms with Crippen LogP contribution in [-0.4, -0.2) is 64.1 Å². The Morgan fingerprint density at radius 2 is 2.00 bits per heavy atom. The van der Waals surface area contributed by atoms with Gasteiger partial charge in [0.2, 0.25) is 23.0 Å². The number of thiazole rings is 1. The van der Waals surface area contributed by atoms with Gasteiger partial charge >= 0.3 is 6.03 Å². The number of fused-ring (bicyclic) bond motifs is 1. The number of hydrogen-bond donors (Lipinski definition) is 3. The van der Waals surface area contributed by atoms with Gasteiger partial charge < -0.3 is 15.5 Å². The quantitative estimate of drug-likeness (QED) is 0.422. The summed E-state index contributed by atoms with van der Waals surface area (Å²) in [5, 5.41) is 5.03. The van der Waals surface area contributed by atoms with Crippen molar-refractivity contribution in [3.8, 4) is 0 Å². The SMILES string of the molecule is CN(C(=O)C(Cc1cc(F)cc(F)c1)NC(=O)NS(=O)N1CCNC(=O)C1)c1ccc2scnc2c1. The molecule has 36 heavy (non-hydrogen) atoms. The van der Waals surface area contributed by atoms with Gasteiger partial charge in [-0.15, -0.1) is 11.3 Å². The van der Waals surface area contributed by atoms with Crippen LogP contribution in [0.5, 0.6) is 0 Å². The summed E-state index contributed by atoms with van der Waals surface area (Å²) in [6.45, 7) is 0.360. The van der Waals surface area contributed by atoms with E-state index in [1.165, 1.54) is 27.6 Å². The highest BCUT2D eigenvalue weighted by molar-refractivity contribution is 7.81. The lowest BCUT2D eigenvalue weighted by atomic mass is 10.0. The summed E-state index contributed by atoms with van der Waals surface area (Å²) in [7, 11) is 1.50. The standard InChI is InChI=1S/C22H22F2N6O4S2/c1-29(16-2-3-19-17(10-16)26-12-35-19)21(32)18(8-13-6-14(23)9-15(24)7-13)27-22(33)28-36(34)30-5-4-25-20(31)11-30/h2-3,6-7,9-10,12,18H,4-5,8,11H2,1H3,(H,25,31)(H2,27,28,33). The zero-order chi connectivity index (χ0) is 25.8. The third-order valence-corrected chi connectivity index (χ3v) is 7.37. The molecule has 10 nitrogen and oxygen atoms in total. The molecule has 0 radical (unpaired) electrons. The van der Waals surface area contributed by atoms with E-state index in [9.17, 15) is 27.4 Å². The second-order valence-corrected chi connectivity index (χ2v) is 10.1. The summed E-state index contributed by atoms with van der Waals surface area (Å²) in [5.41, 5.74) is 3.00. The van der Waals surface area contributed by atoms with Crippen LogP contribution in [0.15, 0.2) is 41.9 Å². The van der Waals surface area contributed by atoms with Crippen molar-refractivity contribution in [2.45, 2.75) is 12.5 Å². The Hall–Kier alpha value is -3.49. The predicted molar refractivity (Wildman–Crippen MR) is 131 cm³/mol.